The Morgan fingerprint density at radius 1 is 1.38 bits per heavy atom. The van der Waals surface area contributed by atoms with Gasteiger partial charge in [0.25, 0.3) is 0 Å². The molecule has 94 valence electrons. The largest absolute Gasteiger partial charge is 0.401 e. The first kappa shape index (κ1) is 14.6. The Labute approximate surface area is 89.2 Å². The molecule has 0 aromatic rings. The number of urea groups is 1. The molecular formula is C7H12F3N3O3. The maximum atomic E-state index is 12.0. The first-order valence-corrected chi connectivity index (χ1v) is 4.24. The van der Waals surface area contributed by atoms with Gasteiger partial charge in [0, 0.05) is 6.54 Å². The molecule has 0 bridgehead atoms. The Hall–Kier alpha value is -1.35. The minimum atomic E-state index is -4.48. The summed E-state index contributed by atoms with van der Waals surface area (Å²) in [5.74, 6) is -0.954. The molecule has 0 rings (SSSR count). The third-order valence-electron chi connectivity index (χ3n) is 1.45. The van der Waals surface area contributed by atoms with E-state index in [9.17, 15) is 22.8 Å². The predicted molar refractivity (Wildman–Crippen MR) is 47.3 cm³/mol. The molecule has 0 aromatic carbocycles. The first-order chi connectivity index (χ1) is 7.24. The number of hydrogen-bond acceptors (Lipinski definition) is 4. The van der Waals surface area contributed by atoms with Gasteiger partial charge in [0.2, 0.25) is 5.91 Å². The summed E-state index contributed by atoms with van der Waals surface area (Å²) in [5, 5.41) is 10.1. The molecule has 9 heteroatoms. The average Bonchev–Trinajstić information content (AvgIpc) is 1.98. The lowest BCUT2D eigenvalue weighted by molar-refractivity contribution is -0.149. The first-order valence-electron chi connectivity index (χ1n) is 4.24. The number of carbonyl (C=O) groups excluding carboxylic acids is 2. The number of alkyl halides is 3. The summed E-state index contributed by atoms with van der Waals surface area (Å²) in [4.78, 5) is 21.8. The van der Waals surface area contributed by atoms with Crippen molar-refractivity contribution in [3.8, 4) is 0 Å². The number of nitrogens with one attached hydrogen (secondary N) is 1. The SMILES string of the molecule is NC(=O)NC(=O)CN(CCO)CC(F)(F)F. The van der Waals surface area contributed by atoms with Crippen molar-refractivity contribution in [2.75, 3.05) is 26.2 Å². The number of nitrogens with two attached hydrogens (primary N) is 1. The molecule has 0 spiro atoms. The van der Waals surface area contributed by atoms with Gasteiger partial charge in [0.15, 0.2) is 0 Å². The molecule has 6 nitrogen and oxygen atoms in total. The third kappa shape index (κ3) is 8.00. The zero-order valence-electron chi connectivity index (χ0n) is 8.25. The molecule has 0 aromatic heterocycles. The van der Waals surface area contributed by atoms with Crippen molar-refractivity contribution in [1.29, 1.82) is 0 Å². The van der Waals surface area contributed by atoms with Crippen LogP contribution in [0.2, 0.25) is 0 Å². The Kier molecular flexibility index (Phi) is 5.75. The predicted octanol–water partition coefficient (Wildman–Crippen LogP) is -0.962. The lowest BCUT2D eigenvalue weighted by atomic mass is 10.4. The Bertz CT molecular complexity index is 257. The van der Waals surface area contributed by atoms with Crippen LogP contribution >= 0.6 is 0 Å². The van der Waals surface area contributed by atoms with Crippen molar-refractivity contribution in [1.82, 2.24) is 10.2 Å². The minimum absolute atomic E-state index is 0.328. The topological polar surface area (TPSA) is 95.7 Å². The smallest absolute Gasteiger partial charge is 0.395 e. The zero-order valence-corrected chi connectivity index (χ0v) is 8.25. The number of hydrogen-bond donors (Lipinski definition) is 3. The minimum Gasteiger partial charge on any atom is -0.395 e. The number of carbonyl (C=O) groups is 2. The molecule has 0 saturated heterocycles. The summed E-state index contributed by atoms with van der Waals surface area (Å²) in [7, 11) is 0. The van der Waals surface area contributed by atoms with Gasteiger partial charge in [-0.3, -0.25) is 15.0 Å². The van der Waals surface area contributed by atoms with E-state index in [4.69, 9.17) is 5.11 Å². The van der Waals surface area contributed by atoms with Crippen molar-refractivity contribution < 1.29 is 27.9 Å². The second-order valence-corrected chi connectivity index (χ2v) is 2.96. The highest BCUT2D eigenvalue weighted by Crippen LogP contribution is 2.15. The summed E-state index contributed by atoms with van der Waals surface area (Å²) >= 11 is 0. The second-order valence-electron chi connectivity index (χ2n) is 2.96. The van der Waals surface area contributed by atoms with Crippen LogP contribution in [0.3, 0.4) is 0 Å². The molecule has 0 aliphatic rings. The molecule has 4 N–H and O–H groups in total. The van der Waals surface area contributed by atoms with Gasteiger partial charge < -0.3 is 10.8 Å². The van der Waals surface area contributed by atoms with E-state index < -0.39 is 37.8 Å². The molecule has 3 amide bonds. The molecule has 0 fully saturated rings. The van der Waals surface area contributed by atoms with E-state index in [1.165, 1.54) is 0 Å². The number of primary amides is 1. The molecule has 0 saturated carbocycles. The monoisotopic (exact) mass is 243 g/mol. The summed E-state index contributed by atoms with van der Waals surface area (Å²) in [6, 6.07) is -1.14. The molecule has 0 radical (unpaired) electrons. The van der Waals surface area contributed by atoms with E-state index >= 15 is 0 Å². The van der Waals surface area contributed by atoms with E-state index in [1.54, 1.807) is 5.32 Å². The number of aliphatic hydroxyl groups is 1. The number of aliphatic hydroxyl groups excluding tert-OH is 1. The van der Waals surface area contributed by atoms with Gasteiger partial charge in [-0.1, -0.05) is 0 Å². The molecule has 0 heterocycles. The van der Waals surface area contributed by atoms with Crippen LogP contribution < -0.4 is 11.1 Å². The van der Waals surface area contributed by atoms with E-state index in [-0.39, 0.29) is 6.54 Å². The lowest BCUT2D eigenvalue weighted by Gasteiger charge is -2.21. The normalized spacial score (nSPS) is 11.6. The van der Waals surface area contributed by atoms with Gasteiger partial charge in [0.1, 0.15) is 0 Å². The van der Waals surface area contributed by atoms with E-state index in [1.807, 2.05) is 0 Å². The highest BCUT2D eigenvalue weighted by atomic mass is 19.4. The molecule has 16 heavy (non-hydrogen) atoms. The van der Waals surface area contributed by atoms with Crippen LogP contribution in [0.15, 0.2) is 0 Å². The van der Waals surface area contributed by atoms with Gasteiger partial charge >= 0.3 is 12.2 Å². The van der Waals surface area contributed by atoms with Crippen LogP contribution in [0.5, 0.6) is 0 Å². The average molecular weight is 243 g/mol. The van der Waals surface area contributed by atoms with Gasteiger partial charge in [-0.25, -0.2) is 4.79 Å². The van der Waals surface area contributed by atoms with Crippen molar-refractivity contribution in [3.05, 3.63) is 0 Å². The summed E-state index contributed by atoms with van der Waals surface area (Å²) < 4.78 is 36.0. The Morgan fingerprint density at radius 2 is 1.94 bits per heavy atom. The van der Waals surface area contributed by atoms with Crippen LogP contribution in [-0.4, -0.2) is 54.4 Å². The second kappa shape index (κ2) is 6.28. The van der Waals surface area contributed by atoms with Crippen molar-refractivity contribution in [3.63, 3.8) is 0 Å². The molecule has 0 aliphatic carbocycles. The highest BCUT2D eigenvalue weighted by molar-refractivity contribution is 5.94. The van der Waals surface area contributed by atoms with Gasteiger partial charge in [-0.05, 0) is 0 Å². The number of amides is 3. The molecular weight excluding hydrogens is 231 g/mol. The third-order valence-corrected chi connectivity index (χ3v) is 1.45. The fourth-order valence-electron chi connectivity index (χ4n) is 0.989. The summed E-state index contributed by atoms with van der Waals surface area (Å²) in [6.07, 6.45) is -4.48. The number of imide groups is 1. The standard InChI is InChI=1S/C7H12F3N3O3/c8-7(9,10)4-13(1-2-14)3-5(15)12-6(11)16/h14H,1-4H2,(H3,11,12,15,16). The van der Waals surface area contributed by atoms with E-state index in [0.29, 0.717) is 4.90 Å². The number of halogens is 3. The summed E-state index contributed by atoms with van der Waals surface area (Å²) in [5.41, 5.74) is 4.61. The fourth-order valence-corrected chi connectivity index (χ4v) is 0.989. The fraction of sp³-hybridized carbons (Fsp3) is 0.714. The van der Waals surface area contributed by atoms with Crippen LogP contribution in [0.4, 0.5) is 18.0 Å². The van der Waals surface area contributed by atoms with Crippen LogP contribution in [0.1, 0.15) is 0 Å². The van der Waals surface area contributed by atoms with E-state index in [2.05, 4.69) is 5.73 Å². The molecule has 0 unspecified atom stereocenters. The highest BCUT2D eigenvalue weighted by Gasteiger charge is 2.31. The Balaban J connectivity index is 4.22. The van der Waals surface area contributed by atoms with Gasteiger partial charge in [-0.15, -0.1) is 0 Å². The van der Waals surface area contributed by atoms with E-state index in [0.717, 1.165) is 0 Å². The van der Waals surface area contributed by atoms with Gasteiger partial charge in [-0.2, -0.15) is 13.2 Å². The zero-order chi connectivity index (χ0) is 12.8. The number of nitrogens with zero attached hydrogens (tertiary/aromatic N) is 1. The summed E-state index contributed by atoms with van der Waals surface area (Å²) in [6.45, 7) is -2.87. The Morgan fingerprint density at radius 3 is 2.31 bits per heavy atom. The molecule has 0 atom stereocenters. The van der Waals surface area contributed by atoms with Gasteiger partial charge in [0.05, 0.1) is 19.7 Å². The lowest BCUT2D eigenvalue weighted by Crippen LogP contribution is -2.45. The van der Waals surface area contributed by atoms with Crippen molar-refractivity contribution in [2.45, 2.75) is 6.18 Å². The van der Waals surface area contributed by atoms with Crippen LogP contribution in [0.25, 0.3) is 0 Å². The maximum absolute atomic E-state index is 12.0. The van der Waals surface area contributed by atoms with Crippen LogP contribution in [-0.2, 0) is 4.79 Å². The maximum Gasteiger partial charge on any atom is 0.401 e. The van der Waals surface area contributed by atoms with Crippen LogP contribution in [0, 0.1) is 0 Å². The molecule has 0 aliphatic heterocycles. The quantitative estimate of drug-likeness (QED) is 0.579. The van der Waals surface area contributed by atoms with Crippen molar-refractivity contribution in [2.24, 2.45) is 5.73 Å². The van der Waals surface area contributed by atoms with Crippen molar-refractivity contribution >= 4 is 11.9 Å². The number of rotatable bonds is 5.